The summed E-state index contributed by atoms with van der Waals surface area (Å²) >= 11 is 9.25. The topological polar surface area (TPSA) is 43.6 Å². The molecule has 0 unspecified atom stereocenters. The fourth-order valence-electron chi connectivity index (χ4n) is 2.69. The molecule has 0 amide bonds. The van der Waals surface area contributed by atoms with Gasteiger partial charge >= 0.3 is 0 Å². The molecule has 0 saturated carbocycles. The highest BCUT2D eigenvalue weighted by Gasteiger charge is 2.16. The van der Waals surface area contributed by atoms with Gasteiger partial charge in [0.2, 0.25) is 0 Å². The van der Waals surface area contributed by atoms with Crippen LogP contribution in [0.3, 0.4) is 0 Å². The Balaban J connectivity index is 1.56. The van der Waals surface area contributed by atoms with Crippen LogP contribution in [0.1, 0.15) is 12.5 Å². The van der Waals surface area contributed by atoms with Gasteiger partial charge in [0.15, 0.2) is 11.0 Å². The van der Waals surface area contributed by atoms with Crippen LogP contribution in [-0.4, -0.2) is 19.7 Å². The van der Waals surface area contributed by atoms with E-state index < -0.39 is 0 Å². The third kappa shape index (κ3) is 4.08. The van der Waals surface area contributed by atoms with Gasteiger partial charge in [-0.05, 0) is 24.6 Å². The molecule has 2 heterocycles. The van der Waals surface area contributed by atoms with Crippen molar-refractivity contribution in [1.29, 1.82) is 0 Å². The summed E-state index contributed by atoms with van der Waals surface area (Å²) in [5.41, 5.74) is 3.19. The molecule has 2 aromatic heterocycles. The minimum Gasteiger partial charge on any atom is -0.301 e. The van der Waals surface area contributed by atoms with Crippen molar-refractivity contribution in [2.75, 3.05) is 0 Å². The largest absolute Gasteiger partial charge is 0.301 e. The number of nitrogens with zero attached hydrogens (tertiary/aromatic N) is 4. The predicted octanol–water partition coefficient (Wildman–Crippen LogP) is 6.03. The Kier molecular flexibility index (Phi) is 5.57. The molecule has 0 aliphatic carbocycles. The molecule has 2 aromatic carbocycles. The van der Waals surface area contributed by atoms with E-state index in [9.17, 15) is 0 Å². The summed E-state index contributed by atoms with van der Waals surface area (Å²) in [4.78, 5) is 4.77. The summed E-state index contributed by atoms with van der Waals surface area (Å²) in [7, 11) is 0. The highest BCUT2D eigenvalue weighted by molar-refractivity contribution is 7.98. The maximum Gasteiger partial charge on any atom is 0.191 e. The summed E-state index contributed by atoms with van der Waals surface area (Å²) in [5.74, 6) is 1.64. The Morgan fingerprint density at radius 3 is 2.56 bits per heavy atom. The van der Waals surface area contributed by atoms with Crippen LogP contribution in [0, 0.1) is 0 Å². The molecule has 0 N–H and O–H groups in total. The smallest absolute Gasteiger partial charge is 0.191 e. The maximum atomic E-state index is 5.95. The highest BCUT2D eigenvalue weighted by Crippen LogP contribution is 2.30. The van der Waals surface area contributed by atoms with Gasteiger partial charge in [-0.25, -0.2) is 4.98 Å². The van der Waals surface area contributed by atoms with Gasteiger partial charge in [-0.3, -0.25) is 0 Å². The molecule has 7 heteroatoms. The minimum absolute atomic E-state index is 0.750. The number of rotatable bonds is 6. The first-order valence-corrected chi connectivity index (χ1v) is 10.8. The van der Waals surface area contributed by atoms with Crippen LogP contribution in [0.25, 0.3) is 22.1 Å². The van der Waals surface area contributed by atoms with E-state index in [0.717, 1.165) is 44.6 Å². The first kappa shape index (κ1) is 18.2. The minimum atomic E-state index is 0.750. The summed E-state index contributed by atoms with van der Waals surface area (Å²) in [6.07, 6.45) is 0. The highest BCUT2D eigenvalue weighted by atomic mass is 35.5. The monoisotopic (exact) mass is 412 g/mol. The Morgan fingerprint density at radius 2 is 1.81 bits per heavy atom. The van der Waals surface area contributed by atoms with E-state index in [2.05, 4.69) is 33.8 Å². The van der Waals surface area contributed by atoms with Crippen LogP contribution >= 0.6 is 34.7 Å². The standard InChI is InChI=1S/C20H17ClN4S2/c1-2-25-18(17-13-26-19(22-17)15-6-4-3-5-7-15)23-24-20(25)27-12-14-8-10-16(21)11-9-14/h3-11,13H,2,12H2,1H3. The first-order valence-electron chi connectivity index (χ1n) is 8.56. The van der Waals surface area contributed by atoms with Gasteiger partial charge in [-0.2, -0.15) is 0 Å². The Labute approximate surface area is 171 Å². The lowest BCUT2D eigenvalue weighted by molar-refractivity contribution is 0.686. The molecule has 4 aromatic rings. The number of aromatic nitrogens is 4. The molecule has 0 saturated heterocycles. The lowest BCUT2D eigenvalue weighted by Crippen LogP contribution is -2.00. The first-order chi connectivity index (χ1) is 13.2. The third-order valence-electron chi connectivity index (χ3n) is 4.07. The molecule has 4 rings (SSSR count). The van der Waals surface area contributed by atoms with Crippen molar-refractivity contribution in [1.82, 2.24) is 19.7 Å². The van der Waals surface area contributed by atoms with Crippen molar-refractivity contribution in [2.45, 2.75) is 24.4 Å². The zero-order valence-electron chi connectivity index (χ0n) is 14.7. The second-order valence-electron chi connectivity index (χ2n) is 5.87. The van der Waals surface area contributed by atoms with Gasteiger partial charge in [0, 0.05) is 28.3 Å². The van der Waals surface area contributed by atoms with Crippen LogP contribution in [0.15, 0.2) is 65.1 Å². The summed E-state index contributed by atoms with van der Waals surface area (Å²) in [6.45, 7) is 2.90. The van der Waals surface area contributed by atoms with Gasteiger partial charge < -0.3 is 4.57 Å². The molecule has 0 aliphatic heterocycles. The third-order valence-corrected chi connectivity index (χ3v) is 6.25. The van der Waals surface area contributed by atoms with Crippen molar-refractivity contribution < 1.29 is 0 Å². The number of thiazole rings is 1. The summed E-state index contributed by atoms with van der Waals surface area (Å²) < 4.78 is 2.12. The Morgan fingerprint density at radius 1 is 1.04 bits per heavy atom. The number of thioether (sulfide) groups is 1. The van der Waals surface area contributed by atoms with E-state index in [0.29, 0.717) is 0 Å². The predicted molar refractivity (Wildman–Crippen MR) is 113 cm³/mol. The lowest BCUT2D eigenvalue weighted by atomic mass is 10.2. The quantitative estimate of drug-likeness (QED) is 0.362. The van der Waals surface area contributed by atoms with Crippen LogP contribution < -0.4 is 0 Å². The fraction of sp³-hybridized carbons (Fsp3) is 0.150. The average molecular weight is 413 g/mol. The van der Waals surface area contributed by atoms with E-state index in [-0.39, 0.29) is 0 Å². The van der Waals surface area contributed by atoms with Crippen molar-refractivity contribution in [3.63, 3.8) is 0 Å². The zero-order chi connectivity index (χ0) is 18.6. The molecule has 0 atom stereocenters. The molecule has 0 radical (unpaired) electrons. The molecule has 4 nitrogen and oxygen atoms in total. The summed E-state index contributed by atoms with van der Waals surface area (Å²) in [5, 5.41) is 13.5. The van der Waals surface area contributed by atoms with Gasteiger partial charge in [-0.15, -0.1) is 21.5 Å². The molecule has 0 aliphatic rings. The number of hydrogen-bond donors (Lipinski definition) is 0. The lowest BCUT2D eigenvalue weighted by Gasteiger charge is -2.06. The molecule has 0 bridgehead atoms. The van der Waals surface area contributed by atoms with Crippen LogP contribution in [0.2, 0.25) is 5.02 Å². The summed E-state index contributed by atoms with van der Waals surface area (Å²) in [6, 6.07) is 18.1. The average Bonchev–Trinajstić information content (AvgIpc) is 3.35. The van der Waals surface area contributed by atoms with Gasteiger partial charge in [-0.1, -0.05) is 65.8 Å². The maximum absolute atomic E-state index is 5.95. The fourth-order valence-corrected chi connectivity index (χ4v) is 4.58. The molecular formula is C20H17ClN4S2. The normalized spacial score (nSPS) is 11.0. The second kappa shape index (κ2) is 8.25. The Bertz CT molecular complexity index is 1030. The number of halogens is 1. The van der Waals surface area contributed by atoms with E-state index >= 15 is 0 Å². The molecule has 0 fully saturated rings. The van der Waals surface area contributed by atoms with Crippen molar-refractivity contribution in [3.05, 3.63) is 70.6 Å². The van der Waals surface area contributed by atoms with E-state index in [1.165, 1.54) is 5.56 Å². The van der Waals surface area contributed by atoms with Crippen molar-refractivity contribution in [2.24, 2.45) is 0 Å². The number of hydrogen-bond acceptors (Lipinski definition) is 5. The van der Waals surface area contributed by atoms with Gasteiger partial charge in [0.25, 0.3) is 0 Å². The SMILES string of the molecule is CCn1c(SCc2ccc(Cl)cc2)nnc1-c1csc(-c2ccccc2)n1. The molecule has 0 spiro atoms. The molecule has 136 valence electrons. The van der Waals surface area contributed by atoms with Crippen LogP contribution in [-0.2, 0) is 12.3 Å². The number of benzene rings is 2. The zero-order valence-corrected chi connectivity index (χ0v) is 17.1. The Hall–Kier alpha value is -2.15. The van der Waals surface area contributed by atoms with Crippen molar-refractivity contribution >= 4 is 34.7 Å². The van der Waals surface area contributed by atoms with Gasteiger partial charge in [0.05, 0.1) is 0 Å². The van der Waals surface area contributed by atoms with Gasteiger partial charge in [0.1, 0.15) is 10.7 Å². The van der Waals surface area contributed by atoms with Crippen LogP contribution in [0.4, 0.5) is 0 Å². The van der Waals surface area contributed by atoms with Crippen LogP contribution in [0.5, 0.6) is 0 Å². The van der Waals surface area contributed by atoms with E-state index in [1.807, 2.05) is 47.8 Å². The van der Waals surface area contributed by atoms with E-state index in [4.69, 9.17) is 16.6 Å². The van der Waals surface area contributed by atoms with Crippen molar-refractivity contribution in [3.8, 4) is 22.1 Å². The van der Waals surface area contributed by atoms with E-state index in [1.54, 1.807) is 23.1 Å². The second-order valence-corrected chi connectivity index (χ2v) is 8.11. The molecule has 27 heavy (non-hydrogen) atoms. The molecular weight excluding hydrogens is 396 g/mol.